The van der Waals surface area contributed by atoms with E-state index < -0.39 is 5.91 Å². The van der Waals surface area contributed by atoms with Crippen LogP contribution in [0.1, 0.15) is 16.2 Å². The first kappa shape index (κ1) is 17.5. The number of nitrogens with two attached hydrogens (primary N) is 1. The van der Waals surface area contributed by atoms with Crippen molar-refractivity contribution in [3.63, 3.8) is 0 Å². The summed E-state index contributed by atoms with van der Waals surface area (Å²) >= 11 is 0. The molecule has 0 aliphatic carbocycles. The molecule has 1 atom stereocenters. The number of nitrogens with one attached hydrogen (secondary N) is 2. The van der Waals surface area contributed by atoms with Crippen LogP contribution in [0.25, 0.3) is 0 Å². The summed E-state index contributed by atoms with van der Waals surface area (Å²) in [5.74, 6) is 0.0771. The molecule has 1 saturated heterocycles. The van der Waals surface area contributed by atoms with Gasteiger partial charge in [-0.25, -0.2) is 9.97 Å². The maximum absolute atomic E-state index is 11.5. The van der Waals surface area contributed by atoms with Crippen LogP contribution in [0.4, 0.5) is 11.6 Å². The molecular weight excluding hydrogens is 340 g/mol. The molecule has 26 heavy (non-hydrogen) atoms. The monoisotopic (exact) mass is 356 g/mol. The summed E-state index contributed by atoms with van der Waals surface area (Å²) in [6, 6.07) is 3.37. The van der Waals surface area contributed by atoms with Gasteiger partial charge < -0.3 is 25.8 Å². The van der Waals surface area contributed by atoms with Gasteiger partial charge >= 0.3 is 0 Å². The van der Waals surface area contributed by atoms with Crippen molar-refractivity contribution in [1.29, 1.82) is 5.26 Å². The number of rotatable bonds is 6. The Labute approximate surface area is 148 Å². The standard InChI is InChI=1S/C15H16N8O3/c16-4-9-5-20-13(7-19-9)21-12-3-11(14(15(17)24)23-22-12)26-8-10-6-18-1-2-25-10/h3,5,7,10,18H,1-2,6,8H2,(H2,17,24)(H,20,21,22)/t10-/m0/s1. The van der Waals surface area contributed by atoms with Crippen molar-refractivity contribution in [2.45, 2.75) is 6.10 Å². The first-order chi connectivity index (χ1) is 12.7. The van der Waals surface area contributed by atoms with E-state index in [0.717, 1.165) is 6.54 Å². The van der Waals surface area contributed by atoms with Crippen molar-refractivity contribution in [2.75, 3.05) is 31.6 Å². The lowest BCUT2D eigenvalue weighted by molar-refractivity contribution is -0.0000675. The number of nitrogens with zero attached hydrogens (tertiary/aromatic N) is 5. The highest BCUT2D eigenvalue weighted by Gasteiger charge is 2.18. The minimum Gasteiger partial charge on any atom is -0.488 e. The Balaban J connectivity index is 1.74. The highest BCUT2D eigenvalue weighted by molar-refractivity contribution is 5.93. The van der Waals surface area contributed by atoms with Crippen molar-refractivity contribution in [1.82, 2.24) is 25.5 Å². The highest BCUT2D eigenvalue weighted by Crippen LogP contribution is 2.21. The Morgan fingerprint density at radius 3 is 2.96 bits per heavy atom. The first-order valence-corrected chi connectivity index (χ1v) is 7.77. The number of morpholine rings is 1. The van der Waals surface area contributed by atoms with Gasteiger partial charge in [0.2, 0.25) is 0 Å². The van der Waals surface area contributed by atoms with Gasteiger partial charge in [0.1, 0.15) is 24.6 Å². The van der Waals surface area contributed by atoms with Crippen LogP contribution in [0.15, 0.2) is 18.5 Å². The number of anilines is 2. The summed E-state index contributed by atoms with van der Waals surface area (Å²) in [4.78, 5) is 19.5. The summed E-state index contributed by atoms with van der Waals surface area (Å²) in [5.41, 5.74) is 5.43. The van der Waals surface area contributed by atoms with Crippen molar-refractivity contribution >= 4 is 17.5 Å². The Morgan fingerprint density at radius 2 is 2.31 bits per heavy atom. The number of ether oxygens (including phenoxy) is 2. The van der Waals surface area contributed by atoms with E-state index in [1.54, 1.807) is 0 Å². The van der Waals surface area contributed by atoms with Gasteiger partial charge in [-0.15, -0.1) is 10.2 Å². The Bertz CT molecular complexity index is 815. The van der Waals surface area contributed by atoms with Crippen LogP contribution >= 0.6 is 0 Å². The molecule has 4 N–H and O–H groups in total. The van der Waals surface area contributed by atoms with Crippen molar-refractivity contribution in [3.05, 3.63) is 29.8 Å². The zero-order chi connectivity index (χ0) is 18.4. The van der Waals surface area contributed by atoms with Crippen LogP contribution in [0.2, 0.25) is 0 Å². The van der Waals surface area contributed by atoms with Gasteiger partial charge in [-0.2, -0.15) is 5.26 Å². The van der Waals surface area contributed by atoms with Crippen LogP contribution in [0.3, 0.4) is 0 Å². The SMILES string of the molecule is N#Cc1cnc(Nc2cc(OC[C@@H]3CNCCO3)c(C(N)=O)nn2)cn1. The number of nitriles is 1. The zero-order valence-electron chi connectivity index (χ0n) is 13.7. The number of aromatic nitrogens is 4. The molecule has 1 amide bonds. The molecule has 1 fully saturated rings. The smallest absolute Gasteiger partial charge is 0.273 e. The molecule has 1 aliphatic heterocycles. The second-order valence-corrected chi connectivity index (χ2v) is 5.34. The Morgan fingerprint density at radius 1 is 1.42 bits per heavy atom. The minimum absolute atomic E-state index is 0.0785. The van der Waals surface area contributed by atoms with Crippen molar-refractivity contribution < 1.29 is 14.3 Å². The number of hydrogen-bond donors (Lipinski definition) is 3. The van der Waals surface area contributed by atoms with Gasteiger partial charge in [-0.3, -0.25) is 4.79 Å². The van der Waals surface area contributed by atoms with E-state index in [9.17, 15) is 4.79 Å². The van der Waals surface area contributed by atoms with E-state index in [-0.39, 0.29) is 35.7 Å². The Kier molecular flexibility index (Phi) is 5.47. The fraction of sp³-hybridized carbons (Fsp3) is 0.333. The normalized spacial score (nSPS) is 16.5. The number of hydrogen-bond acceptors (Lipinski definition) is 10. The predicted octanol–water partition coefficient (Wildman–Crippen LogP) is -0.652. The molecule has 0 spiro atoms. The molecule has 2 aromatic heterocycles. The molecule has 0 aromatic carbocycles. The van der Waals surface area contributed by atoms with Gasteiger partial charge in [0.25, 0.3) is 5.91 Å². The summed E-state index contributed by atoms with van der Waals surface area (Å²) in [5, 5.41) is 22.5. The lowest BCUT2D eigenvalue weighted by Gasteiger charge is -2.23. The van der Waals surface area contributed by atoms with Crippen LogP contribution < -0.4 is 21.1 Å². The molecule has 11 nitrogen and oxygen atoms in total. The van der Waals surface area contributed by atoms with Crippen LogP contribution in [-0.4, -0.2) is 58.5 Å². The minimum atomic E-state index is -0.750. The lowest BCUT2D eigenvalue weighted by Crippen LogP contribution is -2.41. The highest BCUT2D eigenvalue weighted by atomic mass is 16.5. The molecule has 0 bridgehead atoms. The van der Waals surface area contributed by atoms with Crippen molar-refractivity contribution in [3.8, 4) is 11.8 Å². The predicted molar refractivity (Wildman–Crippen MR) is 88.7 cm³/mol. The molecule has 3 rings (SSSR count). The van der Waals surface area contributed by atoms with E-state index in [1.165, 1.54) is 18.5 Å². The van der Waals surface area contributed by atoms with E-state index in [4.69, 9.17) is 20.5 Å². The molecule has 0 radical (unpaired) electrons. The largest absolute Gasteiger partial charge is 0.488 e. The average Bonchev–Trinajstić information content (AvgIpc) is 2.68. The summed E-state index contributed by atoms with van der Waals surface area (Å²) in [6.45, 7) is 2.26. The lowest BCUT2D eigenvalue weighted by atomic mass is 10.3. The third-order valence-corrected chi connectivity index (χ3v) is 3.44. The topological polar surface area (TPSA) is 161 Å². The maximum atomic E-state index is 11.5. The van der Waals surface area contributed by atoms with Crippen LogP contribution in [0, 0.1) is 11.3 Å². The molecular formula is C15H16N8O3. The molecule has 134 valence electrons. The third kappa shape index (κ3) is 4.38. The number of amides is 1. The fourth-order valence-electron chi connectivity index (χ4n) is 2.21. The van der Waals surface area contributed by atoms with Gasteiger partial charge in [0, 0.05) is 19.2 Å². The number of carbonyl (C=O) groups excluding carboxylic acids is 1. The summed E-state index contributed by atoms with van der Waals surface area (Å²) in [6.07, 6.45) is 2.56. The van der Waals surface area contributed by atoms with E-state index in [2.05, 4.69) is 30.8 Å². The third-order valence-electron chi connectivity index (χ3n) is 3.44. The molecule has 1 aliphatic rings. The number of carbonyl (C=O) groups is 1. The van der Waals surface area contributed by atoms with E-state index in [0.29, 0.717) is 19.0 Å². The van der Waals surface area contributed by atoms with E-state index >= 15 is 0 Å². The molecule has 11 heteroatoms. The zero-order valence-corrected chi connectivity index (χ0v) is 13.7. The van der Waals surface area contributed by atoms with Gasteiger partial charge in [-0.05, 0) is 0 Å². The summed E-state index contributed by atoms with van der Waals surface area (Å²) in [7, 11) is 0. The first-order valence-electron chi connectivity index (χ1n) is 7.77. The number of primary amides is 1. The quantitative estimate of drug-likeness (QED) is 0.606. The van der Waals surface area contributed by atoms with E-state index in [1.807, 2.05) is 6.07 Å². The van der Waals surface area contributed by atoms with Crippen LogP contribution in [0.5, 0.6) is 5.75 Å². The maximum Gasteiger partial charge on any atom is 0.273 e. The van der Waals surface area contributed by atoms with Gasteiger partial charge in [-0.1, -0.05) is 0 Å². The second-order valence-electron chi connectivity index (χ2n) is 5.34. The molecule has 2 aromatic rings. The molecule has 0 saturated carbocycles. The fourth-order valence-corrected chi connectivity index (χ4v) is 2.21. The van der Waals surface area contributed by atoms with Crippen molar-refractivity contribution in [2.24, 2.45) is 5.73 Å². The second kappa shape index (κ2) is 8.15. The molecule has 3 heterocycles. The summed E-state index contributed by atoms with van der Waals surface area (Å²) < 4.78 is 11.2. The average molecular weight is 356 g/mol. The molecule has 0 unspecified atom stereocenters. The van der Waals surface area contributed by atoms with Gasteiger partial charge in [0.05, 0.1) is 19.0 Å². The Hall–Kier alpha value is -3.36. The van der Waals surface area contributed by atoms with Gasteiger partial charge in [0.15, 0.2) is 23.0 Å². The van der Waals surface area contributed by atoms with Crippen LogP contribution in [-0.2, 0) is 4.74 Å².